The standard InChI is InChI=1S/C20H21F2N10O10PS/c21-9-11-7(40-19(9)31-5-28-12-15(23)24-3-25-16(12)31)1-38-43(34,35)42-14-8(2-39-44(36,37)30-11)41-20(10(14)22)32-6-29-13-17(32)26-4-27-18(13)33/h3-11,14,19-20,30H,1-2H2,(H,34,35)(H2,23,24,25)(H,26,27,33). The Morgan fingerprint density at radius 3 is 2.43 bits per heavy atom. The number of rotatable bonds is 2. The third kappa shape index (κ3) is 4.95. The Kier molecular flexibility index (Phi) is 6.98. The van der Waals surface area contributed by atoms with Crippen LogP contribution in [0.25, 0.3) is 22.3 Å². The summed E-state index contributed by atoms with van der Waals surface area (Å²) in [5.74, 6) is -0.00299. The van der Waals surface area contributed by atoms with E-state index in [1.165, 1.54) is 0 Å². The lowest BCUT2D eigenvalue weighted by Gasteiger charge is -2.26. The summed E-state index contributed by atoms with van der Waals surface area (Å²) in [5, 5.41) is 0. The molecule has 0 aromatic carbocycles. The Bertz CT molecular complexity index is 1960. The summed E-state index contributed by atoms with van der Waals surface area (Å²) in [6.07, 6.45) is -8.31. The molecule has 3 saturated heterocycles. The molecular weight excluding hydrogens is 641 g/mol. The number of aromatic nitrogens is 8. The van der Waals surface area contributed by atoms with E-state index in [2.05, 4.69) is 29.9 Å². The SMILES string of the molecule is Nc1ncnc2c1ncn2C1OC2COP(=O)(O)OC3C(COS(=O)(=O)NC2C1F)OC(n1cnc2c(=O)[nH]cnc21)C3F. The van der Waals surface area contributed by atoms with Crippen LogP contribution < -0.4 is 16.0 Å². The molecular formula is C20H21F2N10O10PS. The van der Waals surface area contributed by atoms with Crippen LogP contribution in [0.3, 0.4) is 0 Å². The summed E-state index contributed by atoms with van der Waals surface area (Å²) in [6.45, 7) is -1.84. The van der Waals surface area contributed by atoms with Crippen molar-refractivity contribution < 1.29 is 49.4 Å². The molecule has 0 saturated carbocycles. The summed E-state index contributed by atoms with van der Waals surface area (Å²) in [7, 11) is -9.94. The summed E-state index contributed by atoms with van der Waals surface area (Å²) in [6, 6.07) is -1.72. The summed E-state index contributed by atoms with van der Waals surface area (Å²) < 4.78 is 101. The van der Waals surface area contributed by atoms with Gasteiger partial charge in [0.15, 0.2) is 47.4 Å². The van der Waals surface area contributed by atoms with E-state index < -0.39 is 86.1 Å². The summed E-state index contributed by atoms with van der Waals surface area (Å²) in [5.41, 5.74) is 5.11. The van der Waals surface area contributed by atoms with Gasteiger partial charge in [-0.25, -0.2) is 38.3 Å². The highest BCUT2D eigenvalue weighted by Crippen LogP contribution is 2.50. The second-order valence-electron chi connectivity index (χ2n) is 9.87. The second-order valence-corrected chi connectivity index (χ2v) is 12.7. The van der Waals surface area contributed by atoms with Gasteiger partial charge in [0.2, 0.25) is 0 Å². The van der Waals surface area contributed by atoms with Crippen molar-refractivity contribution in [2.45, 2.75) is 49.2 Å². The summed E-state index contributed by atoms with van der Waals surface area (Å²) >= 11 is 0. The van der Waals surface area contributed by atoms with Crippen LogP contribution in [0.2, 0.25) is 0 Å². The van der Waals surface area contributed by atoms with Crippen LogP contribution in [0, 0.1) is 0 Å². The van der Waals surface area contributed by atoms with Crippen molar-refractivity contribution in [3.05, 3.63) is 35.7 Å². The minimum absolute atomic E-state index is 0.00299. The van der Waals surface area contributed by atoms with Crippen molar-refractivity contribution in [3.8, 4) is 0 Å². The van der Waals surface area contributed by atoms with E-state index in [0.717, 1.165) is 34.4 Å². The molecule has 4 aromatic rings. The van der Waals surface area contributed by atoms with Gasteiger partial charge in [0.1, 0.15) is 30.2 Å². The number of hydrogen-bond donors (Lipinski definition) is 4. The van der Waals surface area contributed by atoms with E-state index in [0.29, 0.717) is 0 Å². The zero-order valence-corrected chi connectivity index (χ0v) is 23.5. The number of aromatic amines is 1. The third-order valence-corrected chi connectivity index (χ3v) is 9.21. The minimum Gasteiger partial charge on any atom is -0.382 e. The highest BCUT2D eigenvalue weighted by Gasteiger charge is 2.54. The molecule has 5 N–H and O–H groups in total. The number of alkyl halides is 2. The first-order valence-electron chi connectivity index (χ1n) is 12.7. The number of fused-ring (bicyclic) bond motifs is 4. The molecule has 0 bridgehead atoms. The number of phosphoric ester groups is 1. The smallest absolute Gasteiger partial charge is 0.382 e. The highest BCUT2D eigenvalue weighted by molar-refractivity contribution is 7.84. The van der Waals surface area contributed by atoms with Gasteiger partial charge >= 0.3 is 18.1 Å². The average molecular weight is 662 g/mol. The number of halogens is 2. The summed E-state index contributed by atoms with van der Waals surface area (Å²) in [4.78, 5) is 44.5. The maximum Gasteiger partial charge on any atom is 0.472 e. The van der Waals surface area contributed by atoms with E-state index in [4.69, 9.17) is 28.4 Å². The molecule has 3 aliphatic rings. The predicted octanol–water partition coefficient (Wildman–Crippen LogP) is -1.25. The van der Waals surface area contributed by atoms with Crippen molar-refractivity contribution in [1.29, 1.82) is 0 Å². The van der Waals surface area contributed by atoms with Crippen molar-refractivity contribution >= 4 is 46.3 Å². The molecule has 20 nitrogen and oxygen atoms in total. The number of nitrogens with one attached hydrogen (secondary N) is 2. The lowest BCUT2D eigenvalue weighted by atomic mass is 10.1. The Morgan fingerprint density at radius 2 is 1.66 bits per heavy atom. The third-order valence-electron chi connectivity index (χ3n) is 7.22. The van der Waals surface area contributed by atoms with Crippen molar-refractivity contribution in [1.82, 2.24) is 43.8 Å². The molecule has 0 aliphatic carbocycles. The molecule has 7 rings (SSSR count). The zero-order chi connectivity index (χ0) is 31.0. The Labute approximate surface area is 243 Å². The van der Waals surface area contributed by atoms with Gasteiger partial charge in [-0.15, -0.1) is 0 Å². The number of anilines is 1. The van der Waals surface area contributed by atoms with Crippen LogP contribution in [0.15, 0.2) is 30.1 Å². The minimum atomic E-state index is -5.14. The molecule has 3 fully saturated rings. The lowest BCUT2D eigenvalue weighted by molar-refractivity contribution is -0.0500. The largest absolute Gasteiger partial charge is 0.472 e. The van der Waals surface area contributed by atoms with Crippen LogP contribution in [0.1, 0.15) is 12.5 Å². The number of H-pyrrole nitrogens is 1. The molecule has 7 heterocycles. The van der Waals surface area contributed by atoms with Gasteiger partial charge in [0.05, 0.1) is 38.2 Å². The van der Waals surface area contributed by atoms with Gasteiger partial charge in [-0.3, -0.25) is 27.2 Å². The molecule has 9 unspecified atom stereocenters. The first-order chi connectivity index (χ1) is 20.9. The molecule has 236 valence electrons. The monoisotopic (exact) mass is 662 g/mol. The number of nitrogens with zero attached hydrogens (tertiary/aromatic N) is 7. The first-order valence-corrected chi connectivity index (χ1v) is 15.6. The average Bonchev–Trinajstić information content (AvgIpc) is 3.73. The quantitative estimate of drug-likeness (QED) is 0.183. The fourth-order valence-electron chi connectivity index (χ4n) is 5.22. The number of hydrogen-bond acceptors (Lipinski definition) is 15. The van der Waals surface area contributed by atoms with Crippen LogP contribution in [-0.4, -0.2) is 102 Å². The van der Waals surface area contributed by atoms with Crippen LogP contribution in [0.5, 0.6) is 0 Å². The molecule has 0 radical (unpaired) electrons. The van der Waals surface area contributed by atoms with Crippen LogP contribution in [0.4, 0.5) is 14.6 Å². The number of ether oxygens (including phenoxy) is 2. The maximum atomic E-state index is 15.8. The van der Waals surface area contributed by atoms with Crippen molar-refractivity contribution in [2.75, 3.05) is 18.9 Å². The number of phosphoric acid groups is 1. The Hall–Kier alpha value is -3.54. The first kappa shape index (κ1) is 29.2. The number of nitrogens with two attached hydrogens (primary N) is 1. The number of nitrogen functional groups attached to an aromatic ring is 1. The lowest BCUT2D eigenvalue weighted by Crippen LogP contribution is -2.48. The van der Waals surface area contributed by atoms with Gasteiger partial charge in [0, 0.05) is 0 Å². The van der Waals surface area contributed by atoms with E-state index in [9.17, 15) is 22.7 Å². The molecule has 0 amide bonds. The molecule has 24 heteroatoms. The normalized spacial score (nSPS) is 36.1. The van der Waals surface area contributed by atoms with Gasteiger partial charge in [-0.1, -0.05) is 0 Å². The van der Waals surface area contributed by atoms with Crippen LogP contribution >= 0.6 is 7.82 Å². The van der Waals surface area contributed by atoms with E-state index in [1.54, 1.807) is 0 Å². The Morgan fingerprint density at radius 1 is 0.977 bits per heavy atom. The van der Waals surface area contributed by atoms with Gasteiger partial charge in [-0.05, 0) is 0 Å². The van der Waals surface area contributed by atoms with E-state index in [1.807, 2.05) is 4.72 Å². The molecule has 4 aromatic heterocycles. The van der Waals surface area contributed by atoms with Gasteiger partial charge in [-0.2, -0.15) is 13.1 Å². The topological polar surface area (TPSA) is 263 Å². The molecule has 0 spiro atoms. The Balaban J connectivity index is 1.17. The fraction of sp³-hybridized carbons (Fsp3) is 0.500. The maximum absolute atomic E-state index is 15.8. The van der Waals surface area contributed by atoms with E-state index >= 15 is 8.78 Å². The van der Waals surface area contributed by atoms with E-state index in [-0.39, 0.29) is 28.1 Å². The molecule has 3 aliphatic heterocycles. The fourth-order valence-corrected chi connectivity index (χ4v) is 7.17. The highest BCUT2D eigenvalue weighted by atomic mass is 32.2. The van der Waals surface area contributed by atoms with Gasteiger partial charge in [0.25, 0.3) is 5.56 Å². The van der Waals surface area contributed by atoms with Crippen molar-refractivity contribution in [3.63, 3.8) is 0 Å². The zero-order valence-electron chi connectivity index (χ0n) is 21.8. The molecule has 9 atom stereocenters. The predicted molar refractivity (Wildman–Crippen MR) is 138 cm³/mol. The van der Waals surface area contributed by atoms with Crippen LogP contribution in [-0.2, 0) is 37.6 Å². The van der Waals surface area contributed by atoms with Crippen molar-refractivity contribution in [2.24, 2.45) is 0 Å². The molecule has 44 heavy (non-hydrogen) atoms. The second kappa shape index (κ2) is 10.5. The number of imidazole rings is 2. The van der Waals surface area contributed by atoms with Gasteiger partial charge < -0.3 is 25.1 Å².